The number of thiazole rings is 1. The number of ether oxygens (including phenoxy) is 1. The maximum Gasteiger partial charge on any atom is 0.227 e. The van der Waals surface area contributed by atoms with Crippen LogP contribution in [0.2, 0.25) is 0 Å². The lowest BCUT2D eigenvalue weighted by Crippen LogP contribution is -2.41. The lowest BCUT2D eigenvalue weighted by molar-refractivity contribution is 0.415. The highest BCUT2D eigenvalue weighted by atomic mass is 32.1. The number of aromatic nitrogens is 1. The molecule has 1 atom stereocenters. The summed E-state index contributed by atoms with van der Waals surface area (Å²) in [6.45, 7) is 2.01. The van der Waals surface area contributed by atoms with Gasteiger partial charge in [-0.2, -0.15) is 4.99 Å². The molecule has 0 saturated heterocycles. The van der Waals surface area contributed by atoms with E-state index in [1.165, 1.54) is 0 Å². The molecule has 1 unspecified atom stereocenters. The van der Waals surface area contributed by atoms with Crippen molar-refractivity contribution in [3.05, 3.63) is 70.9 Å². The van der Waals surface area contributed by atoms with Crippen LogP contribution in [0.15, 0.2) is 64.2 Å². The number of methoxy groups -OCH3 is 1. The van der Waals surface area contributed by atoms with Crippen LogP contribution in [0.5, 0.6) is 5.75 Å². The Hall–Kier alpha value is -3.16. The number of amidine groups is 1. The van der Waals surface area contributed by atoms with E-state index in [1.807, 2.05) is 42.2 Å². The van der Waals surface area contributed by atoms with Gasteiger partial charge in [-0.15, -0.1) is 11.3 Å². The molecule has 0 fully saturated rings. The summed E-state index contributed by atoms with van der Waals surface area (Å²) in [7, 11) is 1.65. The Labute approximate surface area is 165 Å². The summed E-state index contributed by atoms with van der Waals surface area (Å²) in [6, 6.07) is 15.8. The van der Waals surface area contributed by atoms with Crippen molar-refractivity contribution < 1.29 is 9.15 Å². The van der Waals surface area contributed by atoms with Crippen LogP contribution in [-0.2, 0) is 0 Å². The van der Waals surface area contributed by atoms with Crippen LogP contribution < -0.4 is 15.4 Å². The number of nitrogens with two attached hydrogens (primary N) is 1. The van der Waals surface area contributed by atoms with Crippen LogP contribution in [-0.4, -0.2) is 17.9 Å². The number of benzene rings is 2. The van der Waals surface area contributed by atoms with Crippen molar-refractivity contribution in [2.45, 2.75) is 13.1 Å². The van der Waals surface area contributed by atoms with Gasteiger partial charge < -0.3 is 19.8 Å². The fraction of sp³-hybridized carbons (Fsp3) is 0.143. The number of aryl methyl sites for hydroxylation is 1. The van der Waals surface area contributed by atoms with Crippen molar-refractivity contribution in [2.24, 2.45) is 10.7 Å². The summed E-state index contributed by atoms with van der Waals surface area (Å²) in [5, 5.41) is 1.04. The van der Waals surface area contributed by atoms with Gasteiger partial charge in [0.1, 0.15) is 17.8 Å². The summed E-state index contributed by atoms with van der Waals surface area (Å²) >= 11 is 1.68. The smallest absolute Gasteiger partial charge is 0.227 e. The van der Waals surface area contributed by atoms with E-state index in [2.05, 4.69) is 23.2 Å². The maximum absolute atomic E-state index is 6.62. The van der Waals surface area contributed by atoms with Gasteiger partial charge >= 0.3 is 0 Å². The van der Waals surface area contributed by atoms with E-state index in [9.17, 15) is 0 Å². The monoisotopic (exact) mass is 390 g/mol. The fourth-order valence-corrected chi connectivity index (χ4v) is 4.27. The van der Waals surface area contributed by atoms with Crippen LogP contribution in [0.1, 0.15) is 22.3 Å². The minimum Gasteiger partial charge on any atom is -0.497 e. The molecule has 2 aromatic heterocycles. The summed E-state index contributed by atoms with van der Waals surface area (Å²) in [5.74, 6) is 2.06. The molecule has 2 N–H and O–H groups in total. The first-order chi connectivity index (χ1) is 13.6. The average molecular weight is 390 g/mol. The number of hydrogen-bond donors (Lipinski definition) is 1. The van der Waals surface area contributed by atoms with Gasteiger partial charge in [0.15, 0.2) is 0 Å². The molecule has 6 nitrogen and oxygen atoms in total. The van der Waals surface area contributed by atoms with Crippen LogP contribution >= 0.6 is 11.3 Å². The van der Waals surface area contributed by atoms with Crippen molar-refractivity contribution >= 4 is 39.0 Å². The van der Waals surface area contributed by atoms with Crippen molar-refractivity contribution in [2.75, 3.05) is 12.0 Å². The molecule has 1 aliphatic heterocycles. The zero-order valence-corrected chi connectivity index (χ0v) is 16.2. The second-order valence-electron chi connectivity index (χ2n) is 6.54. The molecular weight excluding hydrogens is 372 g/mol. The lowest BCUT2D eigenvalue weighted by atomic mass is 10.1. The summed E-state index contributed by atoms with van der Waals surface area (Å²) in [4.78, 5) is 11.4. The molecule has 1 aliphatic rings. The first kappa shape index (κ1) is 17.0. The van der Waals surface area contributed by atoms with E-state index in [4.69, 9.17) is 19.9 Å². The van der Waals surface area contributed by atoms with Crippen molar-refractivity contribution in [1.29, 1.82) is 0 Å². The highest BCUT2D eigenvalue weighted by Gasteiger charge is 2.31. The van der Waals surface area contributed by atoms with Crippen LogP contribution in [0, 0.1) is 6.92 Å². The van der Waals surface area contributed by atoms with Gasteiger partial charge in [-0.05, 0) is 55.5 Å². The van der Waals surface area contributed by atoms with Crippen molar-refractivity contribution in [3.63, 3.8) is 0 Å². The van der Waals surface area contributed by atoms with Gasteiger partial charge in [0.2, 0.25) is 5.88 Å². The van der Waals surface area contributed by atoms with E-state index in [1.54, 1.807) is 24.7 Å². The third-order valence-electron chi connectivity index (χ3n) is 4.81. The molecule has 4 aromatic rings. The molecule has 2 aromatic carbocycles. The molecule has 0 amide bonds. The Kier molecular flexibility index (Phi) is 3.92. The first-order valence-electron chi connectivity index (χ1n) is 8.86. The quantitative estimate of drug-likeness (QED) is 0.546. The first-order valence-corrected chi connectivity index (χ1v) is 9.68. The molecule has 3 heterocycles. The van der Waals surface area contributed by atoms with Crippen molar-refractivity contribution in [1.82, 2.24) is 4.98 Å². The molecule has 0 radical (unpaired) electrons. The summed E-state index contributed by atoms with van der Waals surface area (Å²) in [5.41, 5.74) is 10.3. The molecule has 0 saturated carbocycles. The van der Waals surface area contributed by atoms with Gasteiger partial charge in [-0.25, -0.2) is 4.98 Å². The van der Waals surface area contributed by atoms with E-state index in [0.29, 0.717) is 5.88 Å². The lowest BCUT2D eigenvalue weighted by Gasteiger charge is -2.34. The standard InChI is InChI=1S/C21H18N4O2S/c1-12-23-17-11-13(3-8-18(17)28-12)20-24-21-16(9-10-27-21)19(22)25(20)14-4-6-15(26-2)7-5-14/h3-11,19H,22H2,1-2H3. The molecule has 0 spiro atoms. The SMILES string of the molecule is COc1ccc(N2C(c3ccc4sc(C)nc4c3)=Nc3occc3C2N)cc1. The molecule has 0 aliphatic carbocycles. The van der Waals surface area contributed by atoms with Gasteiger partial charge in [0.05, 0.1) is 34.2 Å². The highest BCUT2D eigenvalue weighted by Crippen LogP contribution is 2.38. The number of furan rings is 1. The molecule has 0 bridgehead atoms. The fourth-order valence-electron chi connectivity index (χ4n) is 3.46. The third kappa shape index (κ3) is 2.67. The van der Waals surface area contributed by atoms with Crippen LogP contribution in [0.4, 0.5) is 11.6 Å². The number of hydrogen-bond acceptors (Lipinski definition) is 7. The minimum atomic E-state index is -0.414. The molecule has 140 valence electrons. The second-order valence-corrected chi connectivity index (χ2v) is 7.78. The average Bonchev–Trinajstić information content (AvgIpc) is 3.33. The third-order valence-corrected chi connectivity index (χ3v) is 5.76. The molecule has 7 heteroatoms. The van der Waals surface area contributed by atoms with Crippen LogP contribution in [0.3, 0.4) is 0 Å². The van der Waals surface area contributed by atoms with E-state index < -0.39 is 6.17 Å². The maximum atomic E-state index is 6.62. The van der Waals surface area contributed by atoms with E-state index >= 15 is 0 Å². The van der Waals surface area contributed by atoms with Crippen LogP contribution in [0.25, 0.3) is 10.2 Å². The molecule has 5 rings (SSSR count). The zero-order valence-electron chi connectivity index (χ0n) is 15.4. The van der Waals surface area contributed by atoms with E-state index in [0.717, 1.165) is 43.6 Å². The van der Waals surface area contributed by atoms with E-state index in [-0.39, 0.29) is 0 Å². The van der Waals surface area contributed by atoms with Crippen molar-refractivity contribution in [3.8, 4) is 5.75 Å². The van der Waals surface area contributed by atoms with Gasteiger partial charge in [0, 0.05) is 11.3 Å². The second kappa shape index (κ2) is 6.47. The Balaban J connectivity index is 1.67. The number of nitrogens with zero attached hydrogens (tertiary/aromatic N) is 3. The topological polar surface area (TPSA) is 76.9 Å². The largest absolute Gasteiger partial charge is 0.497 e. The number of rotatable bonds is 3. The number of fused-ring (bicyclic) bond motifs is 2. The zero-order chi connectivity index (χ0) is 19.3. The number of aliphatic imine (C=N–C) groups is 1. The predicted molar refractivity (Wildman–Crippen MR) is 112 cm³/mol. The molecular formula is C21H18N4O2S. The van der Waals surface area contributed by atoms with Gasteiger partial charge in [-0.1, -0.05) is 0 Å². The Morgan fingerprint density at radius 3 is 2.75 bits per heavy atom. The van der Waals surface area contributed by atoms with Gasteiger partial charge in [-0.3, -0.25) is 0 Å². The molecule has 28 heavy (non-hydrogen) atoms. The minimum absolute atomic E-state index is 0.414. The number of anilines is 1. The Bertz CT molecular complexity index is 1190. The summed E-state index contributed by atoms with van der Waals surface area (Å²) in [6.07, 6.45) is 1.21. The normalized spacial score (nSPS) is 16.2. The predicted octanol–water partition coefficient (Wildman–Crippen LogP) is 4.76. The Morgan fingerprint density at radius 2 is 1.96 bits per heavy atom. The summed E-state index contributed by atoms with van der Waals surface area (Å²) < 4.78 is 12.0. The Morgan fingerprint density at radius 1 is 1.14 bits per heavy atom. The van der Waals surface area contributed by atoms with Gasteiger partial charge in [0.25, 0.3) is 0 Å². The highest BCUT2D eigenvalue weighted by molar-refractivity contribution is 7.18.